The van der Waals surface area contributed by atoms with Gasteiger partial charge in [-0.15, -0.1) is 0 Å². The maximum Gasteiger partial charge on any atom is 0.417 e. The van der Waals surface area contributed by atoms with E-state index in [9.17, 15) is 23.2 Å². The number of halogens is 4. The van der Waals surface area contributed by atoms with Crippen LogP contribution in [0.2, 0.25) is 5.02 Å². The fourth-order valence-electron chi connectivity index (χ4n) is 3.94. The van der Waals surface area contributed by atoms with Crippen molar-refractivity contribution in [1.82, 2.24) is 10.3 Å². The molecule has 1 aromatic heterocycles. The van der Waals surface area contributed by atoms with Crippen molar-refractivity contribution >= 4 is 23.3 Å². The molecule has 0 bridgehead atoms. The maximum absolute atomic E-state index is 13.0. The number of benzene rings is 2. The van der Waals surface area contributed by atoms with Crippen LogP contribution in [0.15, 0.2) is 66.9 Å². The molecule has 0 saturated carbocycles. The van der Waals surface area contributed by atoms with Crippen LogP contribution in [0.4, 0.5) is 19.0 Å². The van der Waals surface area contributed by atoms with Gasteiger partial charge in [0.1, 0.15) is 5.82 Å². The first kappa shape index (κ1) is 27.2. The number of rotatable bonds is 8. The second-order valence-electron chi connectivity index (χ2n) is 9.12. The third kappa shape index (κ3) is 7.06. The zero-order valence-electron chi connectivity index (χ0n) is 20.0. The number of pyridine rings is 1. The molecule has 2 atom stereocenters. The number of hydrogen-bond acceptors (Lipinski definition) is 4. The molecule has 0 aliphatic rings. The van der Waals surface area contributed by atoms with Gasteiger partial charge in [0.25, 0.3) is 0 Å². The summed E-state index contributed by atoms with van der Waals surface area (Å²) in [5.41, 5.74) is 0.526. The Morgan fingerprint density at radius 3 is 2.39 bits per heavy atom. The van der Waals surface area contributed by atoms with Gasteiger partial charge in [-0.1, -0.05) is 35.9 Å². The van der Waals surface area contributed by atoms with E-state index in [0.717, 1.165) is 23.3 Å². The Hall–Kier alpha value is -3.41. The van der Waals surface area contributed by atoms with Gasteiger partial charge in [0.05, 0.1) is 22.7 Å². The quantitative estimate of drug-likeness (QED) is 0.367. The molecule has 1 amide bonds. The van der Waals surface area contributed by atoms with Crippen molar-refractivity contribution in [3.05, 3.63) is 94.1 Å². The second-order valence-corrected chi connectivity index (χ2v) is 9.55. The normalized spacial score (nSPS) is 13.5. The first-order chi connectivity index (χ1) is 16.9. The minimum Gasteiger partial charge on any atom is -0.309 e. The van der Waals surface area contributed by atoms with E-state index in [-0.39, 0.29) is 17.8 Å². The summed E-state index contributed by atoms with van der Waals surface area (Å²) < 4.78 is 38.4. The van der Waals surface area contributed by atoms with Crippen LogP contribution in [0.1, 0.15) is 48.9 Å². The maximum atomic E-state index is 13.0. The average molecular weight is 515 g/mol. The number of nitrogens with zero attached hydrogens (tertiary/aromatic N) is 2. The van der Waals surface area contributed by atoms with Crippen LogP contribution in [0.5, 0.6) is 0 Å². The molecule has 0 aliphatic heterocycles. The molecular formula is C27H26ClF3N4O. The number of nitriles is 1. The van der Waals surface area contributed by atoms with Crippen molar-refractivity contribution in [2.75, 3.05) is 5.32 Å². The molecule has 2 N–H and O–H groups in total. The Labute approximate surface area is 213 Å². The third-order valence-corrected chi connectivity index (χ3v) is 6.16. The van der Waals surface area contributed by atoms with Crippen molar-refractivity contribution < 1.29 is 18.0 Å². The van der Waals surface area contributed by atoms with E-state index in [0.29, 0.717) is 23.2 Å². The standard InChI is InChI=1S/C27H26ClF3N4O/c1-17(35-26(2,3)25(36)34-24-12-9-21(16-33-24)27(29,30)31)23(14-18-7-10-22(28)11-8-18)20-6-4-5-19(13-20)15-32/h4-13,16-17,23,35H,14H2,1-3H3,(H,33,34,36)/t17-,23+/m0/s1. The lowest BCUT2D eigenvalue weighted by Gasteiger charge is -2.34. The zero-order valence-corrected chi connectivity index (χ0v) is 20.8. The average Bonchev–Trinajstić information content (AvgIpc) is 2.83. The zero-order chi connectivity index (χ0) is 26.5. The van der Waals surface area contributed by atoms with Gasteiger partial charge in [0.2, 0.25) is 5.91 Å². The van der Waals surface area contributed by atoms with E-state index in [2.05, 4.69) is 21.7 Å². The predicted octanol–water partition coefficient (Wildman–Crippen LogP) is 6.35. The molecular weight excluding hydrogens is 489 g/mol. The number of aromatic nitrogens is 1. The number of anilines is 1. The van der Waals surface area contributed by atoms with Crippen LogP contribution in [-0.2, 0) is 17.4 Å². The van der Waals surface area contributed by atoms with E-state index >= 15 is 0 Å². The molecule has 0 saturated heterocycles. The van der Waals surface area contributed by atoms with Gasteiger partial charge in [-0.3, -0.25) is 4.79 Å². The summed E-state index contributed by atoms with van der Waals surface area (Å²) in [5.74, 6) is -0.525. The van der Waals surface area contributed by atoms with E-state index in [1.54, 1.807) is 19.9 Å². The van der Waals surface area contributed by atoms with Crippen LogP contribution in [0, 0.1) is 11.3 Å². The smallest absolute Gasteiger partial charge is 0.309 e. The molecule has 9 heteroatoms. The summed E-state index contributed by atoms with van der Waals surface area (Å²) in [6.45, 7) is 5.33. The number of hydrogen-bond donors (Lipinski definition) is 2. The minimum atomic E-state index is -4.51. The SMILES string of the molecule is C[C@H](NC(C)(C)C(=O)Nc1ccc(C(F)(F)F)cn1)[C@@H](Cc1ccc(Cl)cc1)c1cccc(C#N)c1. The van der Waals surface area contributed by atoms with E-state index in [1.807, 2.05) is 49.4 Å². The number of carbonyl (C=O) groups excluding carboxylic acids is 1. The molecule has 0 aliphatic carbocycles. The molecule has 0 spiro atoms. The minimum absolute atomic E-state index is 0.0231. The highest BCUT2D eigenvalue weighted by atomic mass is 35.5. The van der Waals surface area contributed by atoms with Gasteiger partial charge >= 0.3 is 6.18 Å². The van der Waals surface area contributed by atoms with E-state index < -0.39 is 23.2 Å². The van der Waals surface area contributed by atoms with Gasteiger partial charge in [-0.05, 0) is 74.7 Å². The van der Waals surface area contributed by atoms with Gasteiger partial charge in [0.15, 0.2) is 0 Å². The van der Waals surface area contributed by atoms with Crippen molar-refractivity contribution in [3.8, 4) is 6.07 Å². The van der Waals surface area contributed by atoms with Crippen molar-refractivity contribution in [2.24, 2.45) is 0 Å². The third-order valence-electron chi connectivity index (χ3n) is 5.90. The van der Waals surface area contributed by atoms with Crippen LogP contribution < -0.4 is 10.6 Å². The molecule has 3 aromatic rings. The Morgan fingerprint density at radius 1 is 1.11 bits per heavy atom. The summed E-state index contributed by atoms with van der Waals surface area (Å²) in [7, 11) is 0. The molecule has 5 nitrogen and oxygen atoms in total. The van der Waals surface area contributed by atoms with Gasteiger partial charge in [-0.25, -0.2) is 4.98 Å². The molecule has 36 heavy (non-hydrogen) atoms. The van der Waals surface area contributed by atoms with Crippen molar-refractivity contribution in [2.45, 2.75) is 50.9 Å². The lowest BCUT2D eigenvalue weighted by Crippen LogP contribution is -2.54. The molecule has 2 aromatic carbocycles. The topological polar surface area (TPSA) is 77.8 Å². The van der Waals surface area contributed by atoms with Crippen LogP contribution in [0.3, 0.4) is 0 Å². The van der Waals surface area contributed by atoms with Crippen molar-refractivity contribution in [3.63, 3.8) is 0 Å². The summed E-state index contributed by atoms with van der Waals surface area (Å²) in [6, 6.07) is 18.7. The molecule has 188 valence electrons. The highest BCUT2D eigenvalue weighted by Crippen LogP contribution is 2.30. The Kier molecular flexibility index (Phi) is 8.39. The fourth-order valence-corrected chi connectivity index (χ4v) is 4.07. The molecule has 1 heterocycles. The largest absolute Gasteiger partial charge is 0.417 e. The fraction of sp³-hybridized carbons (Fsp3) is 0.296. The predicted molar refractivity (Wildman–Crippen MR) is 134 cm³/mol. The summed E-state index contributed by atoms with van der Waals surface area (Å²) in [4.78, 5) is 16.7. The summed E-state index contributed by atoms with van der Waals surface area (Å²) >= 11 is 6.03. The molecule has 0 fully saturated rings. The summed E-state index contributed by atoms with van der Waals surface area (Å²) in [6.07, 6.45) is -3.20. The number of amides is 1. The van der Waals surface area contributed by atoms with Crippen LogP contribution in [-0.4, -0.2) is 22.5 Å². The highest BCUT2D eigenvalue weighted by molar-refractivity contribution is 6.30. The first-order valence-corrected chi connectivity index (χ1v) is 11.6. The van der Waals surface area contributed by atoms with Gasteiger partial charge < -0.3 is 10.6 Å². The monoisotopic (exact) mass is 514 g/mol. The Balaban J connectivity index is 1.79. The lowest BCUT2D eigenvalue weighted by atomic mass is 9.84. The lowest BCUT2D eigenvalue weighted by molar-refractivity contribution is -0.137. The Bertz CT molecular complexity index is 1240. The number of nitrogens with one attached hydrogen (secondary N) is 2. The second kappa shape index (κ2) is 11.1. The number of alkyl halides is 3. The van der Waals surface area contributed by atoms with Crippen molar-refractivity contribution in [1.29, 1.82) is 5.26 Å². The van der Waals surface area contributed by atoms with E-state index in [4.69, 9.17) is 11.6 Å². The van der Waals surface area contributed by atoms with Gasteiger partial charge in [0, 0.05) is 23.2 Å². The number of carbonyl (C=O) groups is 1. The van der Waals surface area contributed by atoms with E-state index in [1.165, 1.54) is 0 Å². The molecule has 3 rings (SSSR count). The molecule has 0 unspecified atom stereocenters. The van der Waals surface area contributed by atoms with Gasteiger partial charge in [-0.2, -0.15) is 18.4 Å². The van der Waals surface area contributed by atoms with Crippen LogP contribution in [0.25, 0.3) is 0 Å². The highest BCUT2D eigenvalue weighted by Gasteiger charge is 2.33. The summed E-state index contributed by atoms with van der Waals surface area (Å²) in [5, 5.41) is 15.9. The Morgan fingerprint density at radius 2 is 1.81 bits per heavy atom. The van der Waals surface area contributed by atoms with Crippen LogP contribution >= 0.6 is 11.6 Å². The first-order valence-electron chi connectivity index (χ1n) is 11.3. The molecule has 0 radical (unpaired) electrons.